The summed E-state index contributed by atoms with van der Waals surface area (Å²) in [6, 6.07) is 18.6. The number of carbonyl (C=O) groups excluding carboxylic acids is 1. The number of anilines is 1. The summed E-state index contributed by atoms with van der Waals surface area (Å²) in [4.78, 5) is 12.6. The molecule has 1 amide bonds. The molecule has 0 aliphatic heterocycles. The van der Waals surface area contributed by atoms with Gasteiger partial charge in [0.1, 0.15) is 0 Å². The molecule has 1 N–H and O–H groups in total. The summed E-state index contributed by atoms with van der Waals surface area (Å²) in [7, 11) is 1.93. The Labute approximate surface area is 213 Å². The van der Waals surface area contributed by atoms with Crippen LogP contribution in [0.1, 0.15) is 57.9 Å². The number of hydrogen-bond donors (Lipinski definition) is 1. The van der Waals surface area contributed by atoms with E-state index in [9.17, 15) is 4.79 Å². The van der Waals surface area contributed by atoms with Gasteiger partial charge in [-0.05, 0) is 73.0 Å². The molecule has 0 saturated heterocycles. The molecule has 1 heterocycles. The molecule has 2 atom stereocenters. The first kappa shape index (κ1) is 24.1. The summed E-state index contributed by atoms with van der Waals surface area (Å²) in [6.07, 6.45) is 8.17. The lowest BCUT2D eigenvalue weighted by Crippen LogP contribution is -2.39. The molecule has 2 aliphatic rings. The topological polar surface area (TPSA) is 59.8 Å². The second-order valence-electron chi connectivity index (χ2n) is 10.8. The van der Waals surface area contributed by atoms with Crippen LogP contribution in [0.2, 0.25) is 0 Å². The van der Waals surface area contributed by atoms with Crippen molar-refractivity contribution in [3.8, 4) is 11.4 Å². The number of carbonyl (C=O) groups is 1. The van der Waals surface area contributed by atoms with Gasteiger partial charge in [-0.25, -0.2) is 0 Å². The Morgan fingerprint density at radius 1 is 1.03 bits per heavy atom. The number of nitrogens with zero attached hydrogens (tertiary/aromatic N) is 3. The summed E-state index contributed by atoms with van der Waals surface area (Å²) in [6.45, 7) is 4.80. The highest BCUT2D eigenvalue weighted by molar-refractivity contribution is 7.99. The van der Waals surface area contributed by atoms with Crippen LogP contribution in [0.25, 0.3) is 11.4 Å². The number of benzene rings is 2. The quantitative estimate of drug-likeness (QED) is 0.376. The van der Waals surface area contributed by atoms with E-state index >= 15 is 0 Å². The van der Waals surface area contributed by atoms with Crippen LogP contribution < -0.4 is 5.32 Å². The Bertz CT molecular complexity index is 1140. The Balaban J connectivity index is 1.17. The fourth-order valence-electron chi connectivity index (χ4n) is 6.53. The summed E-state index contributed by atoms with van der Waals surface area (Å²) < 4.78 is 1.94. The lowest BCUT2D eigenvalue weighted by Gasteiger charge is -2.48. The molecule has 1 aromatic heterocycles. The summed E-state index contributed by atoms with van der Waals surface area (Å²) in [5.74, 6) is 3.74. The van der Waals surface area contributed by atoms with Crippen molar-refractivity contribution in [2.24, 2.45) is 24.8 Å². The molecule has 0 radical (unpaired) electrons. The minimum absolute atomic E-state index is 0.0315. The van der Waals surface area contributed by atoms with Gasteiger partial charge in [-0.1, -0.05) is 74.5 Å². The maximum atomic E-state index is 12.6. The fraction of sp³-hybridized carbons (Fsp3) is 0.483. The number of aromatic nitrogens is 3. The third kappa shape index (κ3) is 5.32. The van der Waals surface area contributed by atoms with Crippen molar-refractivity contribution >= 4 is 23.4 Å². The van der Waals surface area contributed by atoms with E-state index < -0.39 is 0 Å². The first-order valence-electron chi connectivity index (χ1n) is 12.9. The highest BCUT2D eigenvalue weighted by Gasteiger charge is 2.42. The lowest BCUT2D eigenvalue weighted by atomic mass is 9.57. The number of rotatable bonds is 7. The molecule has 2 aliphatic carbocycles. The Kier molecular flexibility index (Phi) is 7.01. The van der Waals surface area contributed by atoms with Crippen molar-refractivity contribution < 1.29 is 4.79 Å². The van der Waals surface area contributed by atoms with Crippen molar-refractivity contribution in [2.45, 2.75) is 62.9 Å². The molecular formula is C29H36N4OS. The highest BCUT2D eigenvalue weighted by Crippen LogP contribution is 2.51. The monoisotopic (exact) mass is 488 g/mol. The van der Waals surface area contributed by atoms with Crippen LogP contribution in [-0.2, 0) is 17.3 Å². The first-order valence-corrected chi connectivity index (χ1v) is 13.9. The van der Waals surface area contributed by atoms with Crippen LogP contribution in [0.5, 0.6) is 0 Å². The number of amides is 1. The van der Waals surface area contributed by atoms with E-state index in [0.29, 0.717) is 5.75 Å². The Morgan fingerprint density at radius 2 is 1.71 bits per heavy atom. The summed E-state index contributed by atoms with van der Waals surface area (Å²) in [5.41, 5.74) is 3.54. The van der Waals surface area contributed by atoms with E-state index in [1.54, 1.807) is 0 Å². The third-order valence-electron chi connectivity index (χ3n) is 8.12. The minimum atomic E-state index is -0.0315. The van der Waals surface area contributed by atoms with Crippen molar-refractivity contribution in [3.05, 3.63) is 60.2 Å². The zero-order valence-corrected chi connectivity index (χ0v) is 21.9. The molecule has 35 heavy (non-hydrogen) atoms. The molecule has 2 unspecified atom stereocenters. The number of thioether (sulfide) groups is 1. The highest BCUT2D eigenvalue weighted by atomic mass is 32.2. The average molecular weight is 489 g/mol. The molecule has 5 nitrogen and oxygen atoms in total. The van der Waals surface area contributed by atoms with Crippen molar-refractivity contribution in [1.29, 1.82) is 0 Å². The molecule has 6 heteroatoms. The van der Waals surface area contributed by atoms with Gasteiger partial charge in [0, 0.05) is 18.3 Å². The first-order chi connectivity index (χ1) is 16.9. The van der Waals surface area contributed by atoms with E-state index in [2.05, 4.69) is 53.6 Å². The second kappa shape index (κ2) is 10.2. The van der Waals surface area contributed by atoms with Gasteiger partial charge in [0.25, 0.3) is 0 Å². The molecule has 2 aromatic carbocycles. The molecule has 184 valence electrons. The van der Waals surface area contributed by atoms with Gasteiger partial charge < -0.3 is 9.88 Å². The van der Waals surface area contributed by atoms with E-state index in [1.807, 2.05) is 41.9 Å². The SMILES string of the molecule is CCC1CC2CC(C1)CC(C)(c1ccc(NC(=O)CSc3nnc(-c4ccccc4)n3C)cc1)C2. The Hall–Kier alpha value is -2.60. The van der Waals surface area contributed by atoms with Crippen LogP contribution in [-0.4, -0.2) is 26.4 Å². The second-order valence-corrected chi connectivity index (χ2v) is 11.8. The zero-order chi connectivity index (χ0) is 24.4. The van der Waals surface area contributed by atoms with Crippen LogP contribution in [0.4, 0.5) is 5.69 Å². The lowest BCUT2D eigenvalue weighted by molar-refractivity contribution is -0.113. The third-order valence-corrected chi connectivity index (χ3v) is 9.14. The van der Waals surface area contributed by atoms with Gasteiger partial charge in [-0.3, -0.25) is 4.79 Å². The van der Waals surface area contributed by atoms with Gasteiger partial charge in [0.2, 0.25) is 5.91 Å². The van der Waals surface area contributed by atoms with Gasteiger partial charge in [-0.2, -0.15) is 0 Å². The molecule has 2 fully saturated rings. The smallest absolute Gasteiger partial charge is 0.234 e. The summed E-state index contributed by atoms with van der Waals surface area (Å²) in [5, 5.41) is 12.4. The van der Waals surface area contributed by atoms with Crippen LogP contribution in [0.3, 0.4) is 0 Å². The maximum absolute atomic E-state index is 12.6. The van der Waals surface area contributed by atoms with Crippen molar-refractivity contribution in [2.75, 3.05) is 11.1 Å². The summed E-state index contributed by atoms with van der Waals surface area (Å²) >= 11 is 1.40. The average Bonchev–Trinajstić information content (AvgIpc) is 3.23. The molecule has 0 spiro atoms. The number of nitrogens with one attached hydrogen (secondary N) is 1. The zero-order valence-electron chi connectivity index (χ0n) is 21.0. The van der Waals surface area contributed by atoms with Crippen molar-refractivity contribution in [3.63, 3.8) is 0 Å². The van der Waals surface area contributed by atoms with Crippen LogP contribution >= 0.6 is 11.8 Å². The predicted molar refractivity (Wildman–Crippen MR) is 143 cm³/mol. The number of hydrogen-bond acceptors (Lipinski definition) is 4. The Morgan fingerprint density at radius 3 is 2.37 bits per heavy atom. The maximum Gasteiger partial charge on any atom is 0.234 e. The van der Waals surface area contributed by atoms with E-state index in [1.165, 1.54) is 55.9 Å². The minimum Gasteiger partial charge on any atom is -0.325 e. The van der Waals surface area contributed by atoms with Gasteiger partial charge in [-0.15, -0.1) is 10.2 Å². The van der Waals surface area contributed by atoms with Gasteiger partial charge >= 0.3 is 0 Å². The standard InChI is InChI=1S/C29H36N4OS/c1-4-20-14-21-16-22(15-20)18-29(2,17-21)24-10-12-25(13-11-24)30-26(34)19-35-28-32-31-27(33(28)3)23-8-6-5-7-9-23/h5-13,20-22H,4,14-19H2,1-3H3,(H,30,34). The van der Waals surface area contributed by atoms with Crippen molar-refractivity contribution in [1.82, 2.24) is 14.8 Å². The molecule has 3 aromatic rings. The molecule has 5 rings (SSSR count). The van der Waals surface area contributed by atoms with E-state index in [0.717, 1.165) is 40.0 Å². The van der Waals surface area contributed by atoms with Crippen LogP contribution in [0.15, 0.2) is 59.8 Å². The molecule has 2 bridgehead atoms. The van der Waals surface area contributed by atoms with Crippen LogP contribution in [0, 0.1) is 17.8 Å². The number of fused-ring (bicyclic) bond motifs is 2. The largest absolute Gasteiger partial charge is 0.325 e. The molecule has 2 saturated carbocycles. The van der Waals surface area contributed by atoms with Gasteiger partial charge in [0.05, 0.1) is 5.75 Å². The molecular weight excluding hydrogens is 452 g/mol. The predicted octanol–water partition coefficient (Wildman–Crippen LogP) is 6.71. The normalized spacial score (nSPS) is 25.9. The van der Waals surface area contributed by atoms with E-state index in [4.69, 9.17) is 0 Å². The fourth-order valence-corrected chi connectivity index (χ4v) is 7.24. The van der Waals surface area contributed by atoms with E-state index in [-0.39, 0.29) is 11.3 Å². The van der Waals surface area contributed by atoms with Gasteiger partial charge in [0.15, 0.2) is 11.0 Å².